The van der Waals surface area contributed by atoms with E-state index in [0.717, 1.165) is 0 Å². The molecule has 0 saturated carbocycles. The molecule has 0 bridgehead atoms. The molecule has 6 heteroatoms. The Labute approximate surface area is 90.8 Å². The molecule has 1 atom stereocenters. The molecule has 0 aliphatic carbocycles. The Morgan fingerprint density at radius 1 is 1.40 bits per heavy atom. The lowest BCUT2D eigenvalue weighted by atomic mass is 9.97. The van der Waals surface area contributed by atoms with Crippen molar-refractivity contribution >= 4 is 10.0 Å². The Morgan fingerprint density at radius 3 is 2.20 bits per heavy atom. The van der Waals surface area contributed by atoms with Crippen molar-refractivity contribution in [2.45, 2.75) is 25.8 Å². The van der Waals surface area contributed by atoms with E-state index in [1.165, 1.54) is 4.31 Å². The van der Waals surface area contributed by atoms with Crippen molar-refractivity contribution in [1.82, 2.24) is 4.31 Å². The van der Waals surface area contributed by atoms with Crippen molar-refractivity contribution in [2.75, 3.05) is 25.5 Å². The SMILES string of the molecule is CCC(CO)(CO)N1CC(C)CS1(=O)=O. The predicted molar refractivity (Wildman–Crippen MR) is 56.9 cm³/mol. The topological polar surface area (TPSA) is 77.8 Å². The van der Waals surface area contributed by atoms with E-state index in [0.29, 0.717) is 13.0 Å². The third kappa shape index (κ3) is 2.18. The zero-order valence-corrected chi connectivity index (χ0v) is 10.00. The van der Waals surface area contributed by atoms with Gasteiger partial charge < -0.3 is 10.2 Å². The van der Waals surface area contributed by atoms with Gasteiger partial charge >= 0.3 is 0 Å². The Bertz CT molecular complexity index is 302. The maximum Gasteiger partial charge on any atom is 0.215 e. The molecular formula is C9H19NO4S. The van der Waals surface area contributed by atoms with Gasteiger partial charge in [0.2, 0.25) is 10.0 Å². The van der Waals surface area contributed by atoms with Crippen molar-refractivity contribution in [3.05, 3.63) is 0 Å². The first-order chi connectivity index (χ1) is 6.91. The molecule has 15 heavy (non-hydrogen) atoms. The second-order valence-electron chi connectivity index (χ2n) is 4.31. The van der Waals surface area contributed by atoms with Crippen molar-refractivity contribution in [2.24, 2.45) is 5.92 Å². The summed E-state index contributed by atoms with van der Waals surface area (Å²) in [6, 6.07) is 0. The zero-order valence-electron chi connectivity index (χ0n) is 9.18. The molecular weight excluding hydrogens is 218 g/mol. The molecule has 5 nitrogen and oxygen atoms in total. The fourth-order valence-electron chi connectivity index (χ4n) is 2.00. The number of aliphatic hydroxyl groups excluding tert-OH is 2. The van der Waals surface area contributed by atoms with E-state index in [1.807, 2.05) is 6.92 Å². The molecule has 90 valence electrons. The third-order valence-electron chi connectivity index (χ3n) is 3.08. The lowest BCUT2D eigenvalue weighted by molar-refractivity contribution is 0.0333. The third-order valence-corrected chi connectivity index (χ3v) is 5.28. The highest BCUT2D eigenvalue weighted by molar-refractivity contribution is 7.89. The maximum atomic E-state index is 11.8. The first-order valence-electron chi connectivity index (χ1n) is 5.14. The Hall–Kier alpha value is -0.170. The molecule has 0 radical (unpaired) electrons. The number of nitrogens with zero attached hydrogens (tertiary/aromatic N) is 1. The van der Waals surface area contributed by atoms with Gasteiger partial charge in [-0.05, 0) is 12.3 Å². The smallest absolute Gasteiger partial charge is 0.215 e. The quantitative estimate of drug-likeness (QED) is 0.684. The molecule has 1 aliphatic heterocycles. The second-order valence-corrected chi connectivity index (χ2v) is 6.25. The number of hydrogen-bond acceptors (Lipinski definition) is 4. The summed E-state index contributed by atoms with van der Waals surface area (Å²) in [7, 11) is -3.32. The first kappa shape index (κ1) is 12.9. The van der Waals surface area contributed by atoms with E-state index < -0.39 is 15.6 Å². The lowest BCUT2D eigenvalue weighted by Gasteiger charge is -2.36. The van der Waals surface area contributed by atoms with Gasteiger partial charge in [-0.15, -0.1) is 0 Å². The van der Waals surface area contributed by atoms with E-state index in [9.17, 15) is 18.6 Å². The van der Waals surface area contributed by atoms with Gasteiger partial charge in [-0.25, -0.2) is 8.42 Å². The summed E-state index contributed by atoms with van der Waals surface area (Å²) in [5.74, 6) is 0.161. The van der Waals surface area contributed by atoms with Crippen LogP contribution in [0.3, 0.4) is 0 Å². The van der Waals surface area contributed by atoms with Gasteiger partial charge in [0.1, 0.15) is 0 Å². The van der Waals surface area contributed by atoms with Crippen LogP contribution < -0.4 is 0 Å². The van der Waals surface area contributed by atoms with Gasteiger partial charge in [-0.3, -0.25) is 0 Å². The molecule has 1 aliphatic rings. The van der Waals surface area contributed by atoms with Gasteiger partial charge in [0.15, 0.2) is 0 Å². The van der Waals surface area contributed by atoms with Crippen LogP contribution in [0.2, 0.25) is 0 Å². The minimum absolute atomic E-state index is 0.0547. The molecule has 0 amide bonds. The summed E-state index contributed by atoms with van der Waals surface area (Å²) in [6.07, 6.45) is 0.409. The predicted octanol–water partition coefficient (Wildman–Crippen LogP) is -0.599. The minimum atomic E-state index is -3.32. The Balaban J connectivity index is 3.04. The second kappa shape index (κ2) is 4.37. The lowest BCUT2D eigenvalue weighted by Crippen LogP contribution is -2.54. The molecule has 1 heterocycles. The average molecular weight is 237 g/mol. The molecule has 1 saturated heterocycles. The normalized spacial score (nSPS) is 27.1. The average Bonchev–Trinajstić information content (AvgIpc) is 2.45. The van der Waals surface area contributed by atoms with Crippen LogP contribution >= 0.6 is 0 Å². The van der Waals surface area contributed by atoms with Crippen LogP contribution in [0.5, 0.6) is 0 Å². The summed E-state index contributed by atoms with van der Waals surface area (Å²) < 4.78 is 24.9. The van der Waals surface area contributed by atoms with Gasteiger partial charge in [0.25, 0.3) is 0 Å². The largest absolute Gasteiger partial charge is 0.394 e. The van der Waals surface area contributed by atoms with E-state index in [2.05, 4.69) is 0 Å². The van der Waals surface area contributed by atoms with E-state index in [4.69, 9.17) is 0 Å². The van der Waals surface area contributed by atoms with E-state index >= 15 is 0 Å². The summed E-state index contributed by atoms with van der Waals surface area (Å²) >= 11 is 0. The highest BCUT2D eigenvalue weighted by Gasteiger charge is 2.46. The number of sulfonamides is 1. The van der Waals surface area contributed by atoms with Crippen LogP contribution in [-0.4, -0.2) is 54.0 Å². The molecule has 1 rings (SSSR count). The number of rotatable bonds is 4. The summed E-state index contributed by atoms with van der Waals surface area (Å²) in [5.41, 5.74) is -1.02. The minimum Gasteiger partial charge on any atom is -0.394 e. The van der Waals surface area contributed by atoms with Gasteiger partial charge in [-0.1, -0.05) is 13.8 Å². The highest BCUT2D eigenvalue weighted by Crippen LogP contribution is 2.30. The van der Waals surface area contributed by atoms with Crippen LogP contribution in [0.15, 0.2) is 0 Å². The van der Waals surface area contributed by atoms with Crippen LogP contribution in [0.4, 0.5) is 0 Å². The number of hydrogen-bond donors (Lipinski definition) is 2. The molecule has 0 spiro atoms. The molecule has 0 aromatic heterocycles. The Morgan fingerprint density at radius 2 is 1.93 bits per heavy atom. The van der Waals surface area contributed by atoms with Crippen molar-refractivity contribution in [3.8, 4) is 0 Å². The molecule has 0 aromatic carbocycles. The van der Waals surface area contributed by atoms with E-state index in [-0.39, 0.29) is 24.9 Å². The first-order valence-corrected chi connectivity index (χ1v) is 6.75. The van der Waals surface area contributed by atoms with Crippen LogP contribution in [0.25, 0.3) is 0 Å². The molecule has 1 unspecified atom stereocenters. The van der Waals surface area contributed by atoms with Gasteiger partial charge in [0.05, 0.1) is 24.5 Å². The molecule has 2 N–H and O–H groups in total. The van der Waals surface area contributed by atoms with Crippen molar-refractivity contribution < 1.29 is 18.6 Å². The molecule has 0 aromatic rings. The fourth-order valence-corrected chi connectivity index (χ4v) is 4.32. The zero-order chi connectivity index (χ0) is 11.7. The number of aliphatic hydroxyl groups is 2. The van der Waals surface area contributed by atoms with E-state index in [1.54, 1.807) is 6.92 Å². The summed E-state index contributed by atoms with van der Waals surface area (Å²) in [4.78, 5) is 0. The van der Waals surface area contributed by atoms with Crippen molar-refractivity contribution in [1.29, 1.82) is 0 Å². The maximum absolute atomic E-state index is 11.8. The standard InChI is InChI=1S/C9H19NO4S/c1-3-9(6-11,7-12)10-4-8(2)5-15(10,13)14/h8,11-12H,3-7H2,1-2H3. The van der Waals surface area contributed by atoms with Gasteiger partial charge in [-0.2, -0.15) is 4.31 Å². The van der Waals surface area contributed by atoms with Crippen molar-refractivity contribution in [3.63, 3.8) is 0 Å². The van der Waals surface area contributed by atoms with Gasteiger partial charge in [0, 0.05) is 6.54 Å². The fraction of sp³-hybridized carbons (Fsp3) is 1.00. The van der Waals surface area contributed by atoms with Crippen LogP contribution in [0, 0.1) is 5.92 Å². The van der Waals surface area contributed by atoms with Crippen LogP contribution in [0.1, 0.15) is 20.3 Å². The van der Waals surface area contributed by atoms with Crippen LogP contribution in [-0.2, 0) is 10.0 Å². The Kier molecular flexibility index (Phi) is 3.76. The summed E-state index contributed by atoms with van der Waals surface area (Å²) in [6.45, 7) is 3.33. The molecule has 1 fully saturated rings. The monoisotopic (exact) mass is 237 g/mol. The highest BCUT2D eigenvalue weighted by atomic mass is 32.2. The summed E-state index contributed by atoms with van der Waals surface area (Å²) in [5, 5.41) is 18.6.